The lowest BCUT2D eigenvalue weighted by Gasteiger charge is -2.34. The molecule has 0 amide bonds. The molecular weight excluding hydrogens is 1100 g/mol. The first-order chi connectivity index (χ1) is 44.7. The highest BCUT2D eigenvalue weighted by molar-refractivity contribution is 6.12. The Morgan fingerprint density at radius 2 is 0.600 bits per heavy atom. The Bertz CT molecular complexity index is 4730. The van der Waals surface area contributed by atoms with Crippen molar-refractivity contribution in [1.82, 2.24) is 19.1 Å². The Kier molecular flexibility index (Phi) is 13.9. The van der Waals surface area contributed by atoms with Crippen LogP contribution in [-0.2, 0) is 6.42 Å². The monoisotopic (exact) mass is 1160 g/mol. The molecule has 3 heterocycles. The highest BCUT2D eigenvalue weighted by Gasteiger charge is 2.30. The predicted octanol–water partition coefficient (Wildman–Crippen LogP) is 21.4. The van der Waals surface area contributed by atoms with Gasteiger partial charge < -0.3 is 19.6 Å². The molecule has 1 aliphatic rings. The second-order valence-corrected chi connectivity index (χ2v) is 22.6. The summed E-state index contributed by atoms with van der Waals surface area (Å²) in [5.74, 6) is 2.12. The number of fused-ring (bicyclic) bond motifs is 6. The van der Waals surface area contributed by atoms with Crippen LogP contribution in [0.15, 0.2) is 340 Å². The largest absolute Gasteiger partial charge is 0.334 e. The van der Waals surface area contributed by atoms with Gasteiger partial charge in [0.1, 0.15) is 11.6 Å². The van der Waals surface area contributed by atoms with Crippen LogP contribution in [0, 0.1) is 0 Å². The molecule has 3 aromatic heterocycles. The van der Waals surface area contributed by atoms with Gasteiger partial charge in [0.05, 0.1) is 28.3 Å². The molecular formula is C82H60N8. The van der Waals surface area contributed by atoms with Gasteiger partial charge in [0.2, 0.25) is 0 Å². The second-order valence-electron chi connectivity index (χ2n) is 22.6. The van der Waals surface area contributed by atoms with Gasteiger partial charge in [0, 0.05) is 90.3 Å². The Balaban J connectivity index is 0.943. The predicted molar refractivity (Wildman–Crippen MR) is 374 cm³/mol. The zero-order valence-electron chi connectivity index (χ0n) is 49.3. The van der Waals surface area contributed by atoms with Gasteiger partial charge in [0.15, 0.2) is 5.82 Å². The maximum absolute atomic E-state index is 5.66. The molecule has 0 spiro atoms. The number of benzene rings is 12. The minimum atomic E-state index is -0.0167. The molecule has 90 heavy (non-hydrogen) atoms. The summed E-state index contributed by atoms with van der Waals surface area (Å²) in [5.41, 5.74) is 18.1. The number of anilines is 11. The topological polar surface area (TPSA) is 48.6 Å². The smallest absolute Gasteiger partial charge is 0.163 e. The van der Waals surface area contributed by atoms with E-state index in [0.717, 1.165) is 125 Å². The van der Waals surface area contributed by atoms with E-state index in [9.17, 15) is 0 Å². The van der Waals surface area contributed by atoms with Crippen molar-refractivity contribution in [3.8, 4) is 23.0 Å². The van der Waals surface area contributed by atoms with Crippen molar-refractivity contribution in [3.05, 3.63) is 351 Å². The molecule has 16 rings (SSSR count). The molecule has 1 aliphatic carbocycles. The fraction of sp³-hybridized carbons (Fsp3) is 0.0244. The van der Waals surface area contributed by atoms with E-state index in [1.54, 1.807) is 0 Å². The van der Waals surface area contributed by atoms with Gasteiger partial charge in [-0.3, -0.25) is 9.13 Å². The first-order valence-electron chi connectivity index (χ1n) is 30.7. The van der Waals surface area contributed by atoms with Crippen molar-refractivity contribution < 1.29 is 0 Å². The van der Waals surface area contributed by atoms with Crippen LogP contribution in [-0.4, -0.2) is 25.1 Å². The fourth-order valence-corrected chi connectivity index (χ4v) is 13.2. The normalized spacial score (nSPS) is 12.7. The fourth-order valence-electron chi connectivity index (χ4n) is 13.2. The van der Waals surface area contributed by atoms with Crippen LogP contribution in [0.1, 0.15) is 11.3 Å². The standard InChI is InChI=1S/C82H60N8/c1-10-28-59(29-11-1)82-83-80(89-76-50-46-68(85(60-30-12-2-13-31-60)61-32-14-3-15-33-61)54-72(76)73-55-69(47-51-77(73)89)86(62-34-16-4-17-35-62)63-36-18-5-19-37-63)58-81(84-82)90-78-52-48-70(87(64-38-20-6-21-39-64)65-40-22-7-23-41-65)56-74(78)75-57-71(49-53-79(75)90)88(66-42-24-8-25-43-66)67-44-26-9-27-45-67/h1-56,58,71H,57H2. The Morgan fingerprint density at radius 1 is 0.289 bits per heavy atom. The van der Waals surface area contributed by atoms with Gasteiger partial charge in [0.25, 0.3) is 0 Å². The maximum Gasteiger partial charge on any atom is 0.163 e. The summed E-state index contributed by atoms with van der Waals surface area (Å²) in [6, 6.07) is 119. The number of aromatic nitrogens is 4. The third kappa shape index (κ3) is 9.88. The second kappa shape index (κ2) is 23.4. The first-order valence-corrected chi connectivity index (χ1v) is 30.7. The number of rotatable bonds is 15. The molecule has 0 saturated heterocycles. The van der Waals surface area contributed by atoms with Gasteiger partial charge in [-0.2, -0.15) is 0 Å². The van der Waals surface area contributed by atoms with Crippen molar-refractivity contribution in [2.45, 2.75) is 12.5 Å². The van der Waals surface area contributed by atoms with Crippen LogP contribution < -0.4 is 19.6 Å². The van der Waals surface area contributed by atoms with Gasteiger partial charge in [-0.15, -0.1) is 0 Å². The average molecular weight is 1160 g/mol. The molecule has 428 valence electrons. The first kappa shape index (κ1) is 53.5. The van der Waals surface area contributed by atoms with E-state index in [-0.39, 0.29) is 6.04 Å². The van der Waals surface area contributed by atoms with Crippen LogP contribution in [0.3, 0.4) is 0 Å². The van der Waals surface area contributed by atoms with Crippen LogP contribution in [0.4, 0.5) is 62.6 Å². The van der Waals surface area contributed by atoms with Crippen molar-refractivity contribution in [3.63, 3.8) is 0 Å². The third-order valence-corrected chi connectivity index (χ3v) is 17.2. The zero-order chi connectivity index (χ0) is 59.7. The quantitative estimate of drug-likeness (QED) is 0.102. The van der Waals surface area contributed by atoms with E-state index in [4.69, 9.17) is 9.97 Å². The van der Waals surface area contributed by atoms with Gasteiger partial charge in [-0.25, -0.2) is 9.97 Å². The van der Waals surface area contributed by atoms with E-state index < -0.39 is 0 Å². The van der Waals surface area contributed by atoms with E-state index >= 15 is 0 Å². The molecule has 8 heteroatoms. The Hall–Kier alpha value is -12.0. The van der Waals surface area contributed by atoms with Gasteiger partial charge in [-0.1, -0.05) is 182 Å². The van der Waals surface area contributed by atoms with Crippen molar-refractivity contribution in [1.29, 1.82) is 0 Å². The summed E-state index contributed by atoms with van der Waals surface area (Å²) in [7, 11) is 0. The number of para-hydroxylation sites is 8. The van der Waals surface area contributed by atoms with E-state index in [1.807, 2.05) is 0 Å². The molecule has 0 N–H and O–H groups in total. The van der Waals surface area contributed by atoms with Crippen LogP contribution in [0.5, 0.6) is 0 Å². The van der Waals surface area contributed by atoms with E-state index in [2.05, 4.69) is 375 Å². The lowest BCUT2D eigenvalue weighted by Crippen LogP contribution is -2.33. The van der Waals surface area contributed by atoms with E-state index in [0.29, 0.717) is 5.82 Å². The molecule has 0 fully saturated rings. The number of hydrogen-bond acceptors (Lipinski definition) is 6. The SMILES string of the molecule is C1=CC(N(c2ccccc2)c2ccccc2)Cc2c1n(-c1cc(-n3c4ccc(N(c5ccccc5)c5ccccc5)cc4c4cc(N(c5ccccc5)c5ccccc5)ccc43)nc(-c3ccccc3)n1)c1ccc(N(c3ccccc3)c3ccccc3)cc21. The minimum absolute atomic E-state index is 0.0167. The lowest BCUT2D eigenvalue weighted by atomic mass is 9.94. The molecule has 12 aromatic carbocycles. The summed E-state index contributed by atoms with van der Waals surface area (Å²) in [6.07, 6.45) is 5.44. The summed E-state index contributed by atoms with van der Waals surface area (Å²) in [6.45, 7) is 0. The van der Waals surface area contributed by atoms with Gasteiger partial charge in [-0.05, 0) is 170 Å². The zero-order valence-corrected chi connectivity index (χ0v) is 49.3. The summed E-state index contributed by atoms with van der Waals surface area (Å²) >= 11 is 0. The van der Waals surface area contributed by atoms with E-state index in [1.165, 1.54) is 5.56 Å². The third-order valence-electron chi connectivity index (χ3n) is 17.2. The van der Waals surface area contributed by atoms with Crippen molar-refractivity contribution in [2.75, 3.05) is 19.6 Å². The van der Waals surface area contributed by atoms with Crippen molar-refractivity contribution >= 4 is 101 Å². The molecule has 15 aromatic rings. The summed E-state index contributed by atoms with van der Waals surface area (Å²) in [5, 5.41) is 3.31. The van der Waals surface area contributed by atoms with Crippen LogP contribution in [0.2, 0.25) is 0 Å². The highest BCUT2D eigenvalue weighted by Crippen LogP contribution is 2.46. The Morgan fingerprint density at radius 3 is 0.967 bits per heavy atom. The Labute approximate surface area is 523 Å². The minimum Gasteiger partial charge on any atom is -0.334 e. The number of nitrogens with zero attached hydrogens (tertiary/aromatic N) is 8. The number of hydrogen-bond donors (Lipinski definition) is 0. The highest BCUT2D eigenvalue weighted by atomic mass is 15.2. The average Bonchev–Trinajstić information content (AvgIpc) is 1.65. The molecule has 0 aliphatic heterocycles. The molecule has 0 bridgehead atoms. The van der Waals surface area contributed by atoms with Crippen molar-refractivity contribution in [2.24, 2.45) is 0 Å². The summed E-state index contributed by atoms with van der Waals surface area (Å²) < 4.78 is 4.72. The maximum atomic E-state index is 5.66. The lowest BCUT2D eigenvalue weighted by molar-refractivity contribution is 0.765. The molecule has 0 saturated carbocycles. The van der Waals surface area contributed by atoms with Crippen LogP contribution in [0.25, 0.3) is 61.8 Å². The van der Waals surface area contributed by atoms with Gasteiger partial charge >= 0.3 is 0 Å². The molecule has 1 atom stereocenters. The molecule has 1 unspecified atom stereocenters. The van der Waals surface area contributed by atoms with Crippen LogP contribution >= 0.6 is 0 Å². The molecule has 0 radical (unpaired) electrons. The summed E-state index contributed by atoms with van der Waals surface area (Å²) in [4.78, 5) is 20.8. The molecule has 8 nitrogen and oxygen atoms in total.